The van der Waals surface area contributed by atoms with Crippen LogP contribution < -0.4 is 10.5 Å². The van der Waals surface area contributed by atoms with Crippen molar-refractivity contribution in [1.29, 1.82) is 0 Å². The lowest BCUT2D eigenvalue weighted by Gasteiger charge is -2.30. The number of hydrogen-bond acceptors (Lipinski definition) is 4. The number of hydrogen-bond donors (Lipinski definition) is 1. The smallest absolute Gasteiger partial charge is 0.404 e. The largest absolute Gasteiger partial charge is 0.573 e. The molecule has 4 nitrogen and oxygen atoms in total. The van der Waals surface area contributed by atoms with Gasteiger partial charge in [-0.2, -0.15) is 11.8 Å². The minimum absolute atomic E-state index is 0.211. The number of carbonyl (C=O) groups is 1. The van der Waals surface area contributed by atoms with Crippen LogP contribution in [0.25, 0.3) is 0 Å². The molecule has 1 aliphatic rings. The highest BCUT2D eigenvalue weighted by atomic mass is 32.2. The van der Waals surface area contributed by atoms with E-state index in [2.05, 4.69) is 4.74 Å². The molecule has 1 aromatic carbocycles. The van der Waals surface area contributed by atoms with E-state index >= 15 is 0 Å². The van der Waals surface area contributed by atoms with Crippen LogP contribution in [0.4, 0.5) is 18.9 Å². The number of nitrogen functional groups attached to an aromatic ring is 1. The number of anilines is 1. The first-order valence-corrected chi connectivity index (χ1v) is 7.37. The highest BCUT2D eigenvalue weighted by Gasteiger charge is 2.32. The predicted octanol–water partition coefficient (Wildman–Crippen LogP) is 2.74. The van der Waals surface area contributed by atoms with E-state index in [0.717, 1.165) is 11.8 Å². The summed E-state index contributed by atoms with van der Waals surface area (Å²) < 4.78 is 40.3. The van der Waals surface area contributed by atoms with Crippen molar-refractivity contribution in [2.45, 2.75) is 18.5 Å². The van der Waals surface area contributed by atoms with E-state index in [0.29, 0.717) is 18.3 Å². The molecule has 0 aliphatic carbocycles. The Labute approximate surface area is 124 Å². The fourth-order valence-corrected chi connectivity index (χ4v) is 3.10. The van der Waals surface area contributed by atoms with E-state index < -0.39 is 12.1 Å². The first-order valence-electron chi connectivity index (χ1n) is 6.32. The molecule has 2 rings (SSSR count). The maximum absolute atomic E-state index is 12.3. The van der Waals surface area contributed by atoms with Crippen LogP contribution in [0.3, 0.4) is 0 Å². The Morgan fingerprint density at radius 1 is 1.48 bits per heavy atom. The van der Waals surface area contributed by atoms with E-state index in [-0.39, 0.29) is 17.2 Å². The molecule has 2 N–H and O–H groups in total. The minimum atomic E-state index is -4.81. The molecule has 1 aromatic rings. The van der Waals surface area contributed by atoms with Crippen LogP contribution in [0.2, 0.25) is 0 Å². The van der Waals surface area contributed by atoms with Crippen LogP contribution in [-0.4, -0.2) is 41.3 Å². The second-order valence-electron chi connectivity index (χ2n) is 4.73. The molecule has 1 fully saturated rings. The van der Waals surface area contributed by atoms with Crippen molar-refractivity contribution in [3.63, 3.8) is 0 Å². The average Bonchev–Trinajstić information content (AvgIpc) is 2.39. The fraction of sp³-hybridized carbons (Fsp3) is 0.462. The number of alkyl halides is 3. The predicted molar refractivity (Wildman–Crippen MR) is 75.4 cm³/mol. The van der Waals surface area contributed by atoms with E-state index in [9.17, 15) is 18.0 Å². The Kier molecular flexibility index (Phi) is 4.55. The van der Waals surface area contributed by atoms with Crippen molar-refractivity contribution < 1.29 is 22.7 Å². The molecule has 1 atom stereocenters. The number of thioether (sulfide) groups is 1. The van der Waals surface area contributed by atoms with Crippen LogP contribution in [0.15, 0.2) is 18.2 Å². The Morgan fingerprint density at radius 2 is 2.19 bits per heavy atom. The number of nitrogens with zero attached hydrogens (tertiary/aromatic N) is 1. The Morgan fingerprint density at radius 3 is 2.76 bits per heavy atom. The fourth-order valence-electron chi connectivity index (χ4n) is 2.08. The van der Waals surface area contributed by atoms with Gasteiger partial charge in [-0.05, 0) is 18.2 Å². The second-order valence-corrected chi connectivity index (χ2v) is 6.28. The van der Waals surface area contributed by atoms with Crippen LogP contribution in [-0.2, 0) is 0 Å². The molecule has 0 aromatic heterocycles. The molecule has 116 valence electrons. The van der Waals surface area contributed by atoms with Gasteiger partial charge in [0.15, 0.2) is 5.75 Å². The van der Waals surface area contributed by atoms with Gasteiger partial charge in [0, 0.05) is 29.7 Å². The normalized spacial score (nSPS) is 19.4. The van der Waals surface area contributed by atoms with Crippen LogP contribution in [0.5, 0.6) is 5.75 Å². The third-order valence-electron chi connectivity index (χ3n) is 3.01. The van der Waals surface area contributed by atoms with Gasteiger partial charge in [0.2, 0.25) is 0 Å². The lowest BCUT2D eigenvalue weighted by Crippen LogP contribution is -2.41. The SMILES string of the molecule is CC1CN(C(=O)c2ccc(OC(F)(F)F)c(N)c2)CCS1. The van der Waals surface area contributed by atoms with Crippen molar-refractivity contribution in [1.82, 2.24) is 4.90 Å². The van der Waals surface area contributed by atoms with Gasteiger partial charge in [0.1, 0.15) is 0 Å². The third-order valence-corrected chi connectivity index (χ3v) is 4.15. The minimum Gasteiger partial charge on any atom is -0.404 e. The first-order chi connectivity index (χ1) is 9.76. The second kappa shape index (κ2) is 6.05. The molecule has 1 amide bonds. The zero-order valence-electron chi connectivity index (χ0n) is 11.3. The number of amides is 1. The highest BCUT2D eigenvalue weighted by molar-refractivity contribution is 7.99. The van der Waals surface area contributed by atoms with Crippen LogP contribution in [0, 0.1) is 0 Å². The Bertz CT molecular complexity index is 537. The van der Waals surface area contributed by atoms with Crippen molar-refractivity contribution in [2.75, 3.05) is 24.6 Å². The summed E-state index contributed by atoms with van der Waals surface area (Å²) in [5.41, 5.74) is 5.58. The molecule has 0 radical (unpaired) electrons. The molecule has 0 spiro atoms. The first kappa shape index (κ1) is 15.8. The summed E-state index contributed by atoms with van der Waals surface area (Å²) in [7, 11) is 0. The van der Waals surface area contributed by atoms with Gasteiger partial charge >= 0.3 is 6.36 Å². The van der Waals surface area contributed by atoms with Crippen molar-refractivity contribution in [2.24, 2.45) is 0 Å². The molecule has 1 heterocycles. The number of nitrogens with two attached hydrogens (primary N) is 1. The average molecular weight is 320 g/mol. The van der Waals surface area contributed by atoms with Crippen molar-refractivity contribution in [3.05, 3.63) is 23.8 Å². The molecule has 1 saturated heterocycles. The molecule has 0 saturated carbocycles. The summed E-state index contributed by atoms with van der Waals surface area (Å²) in [5, 5.41) is 0.341. The Hall–Kier alpha value is -1.57. The van der Waals surface area contributed by atoms with E-state index in [1.54, 1.807) is 16.7 Å². The maximum Gasteiger partial charge on any atom is 0.573 e. The zero-order chi connectivity index (χ0) is 15.6. The lowest BCUT2D eigenvalue weighted by atomic mass is 10.1. The summed E-state index contributed by atoms with van der Waals surface area (Å²) in [6.07, 6.45) is -4.81. The van der Waals surface area contributed by atoms with Crippen molar-refractivity contribution >= 4 is 23.4 Å². The van der Waals surface area contributed by atoms with E-state index in [1.807, 2.05) is 6.92 Å². The summed E-state index contributed by atoms with van der Waals surface area (Å²) in [6, 6.07) is 3.58. The van der Waals surface area contributed by atoms with Gasteiger partial charge < -0.3 is 15.4 Å². The molecule has 1 unspecified atom stereocenters. The van der Waals surface area contributed by atoms with Gasteiger partial charge in [-0.3, -0.25) is 4.79 Å². The van der Waals surface area contributed by atoms with E-state index in [4.69, 9.17) is 5.73 Å². The van der Waals surface area contributed by atoms with Crippen LogP contribution >= 0.6 is 11.8 Å². The monoisotopic (exact) mass is 320 g/mol. The number of halogens is 3. The van der Waals surface area contributed by atoms with Gasteiger partial charge in [0.25, 0.3) is 5.91 Å². The molecule has 0 bridgehead atoms. The summed E-state index contributed by atoms with van der Waals surface area (Å²) in [5.74, 6) is 0.117. The topological polar surface area (TPSA) is 55.6 Å². The number of benzene rings is 1. The van der Waals surface area contributed by atoms with Gasteiger partial charge in [-0.15, -0.1) is 13.2 Å². The quantitative estimate of drug-likeness (QED) is 0.851. The zero-order valence-corrected chi connectivity index (χ0v) is 12.1. The molecule has 8 heteroatoms. The van der Waals surface area contributed by atoms with Gasteiger partial charge in [-0.1, -0.05) is 6.92 Å². The summed E-state index contributed by atoms with van der Waals surface area (Å²) in [6.45, 7) is 3.26. The number of ether oxygens (including phenoxy) is 1. The summed E-state index contributed by atoms with van der Waals surface area (Å²) >= 11 is 1.78. The Balaban J connectivity index is 2.14. The maximum atomic E-state index is 12.3. The van der Waals surface area contributed by atoms with Crippen LogP contribution in [0.1, 0.15) is 17.3 Å². The molecular weight excluding hydrogens is 305 g/mol. The highest BCUT2D eigenvalue weighted by Crippen LogP contribution is 2.29. The molecule has 21 heavy (non-hydrogen) atoms. The van der Waals surface area contributed by atoms with Gasteiger partial charge in [0.05, 0.1) is 5.69 Å². The summed E-state index contributed by atoms with van der Waals surface area (Å²) in [4.78, 5) is 14.0. The van der Waals surface area contributed by atoms with Gasteiger partial charge in [-0.25, -0.2) is 0 Å². The molecular formula is C13H15F3N2O2S. The number of rotatable bonds is 2. The van der Waals surface area contributed by atoms with Crippen molar-refractivity contribution in [3.8, 4) is 5.75 Å². The third kappa shape index (κ3) is 4.20. The number of carbonyl (C=O) groups excluding carboxylic acids is 1. The standard InChI is InChI=1S/C13H15F3N2O2S/c1-8-7-18(4-5-21-8)12(19)9-2-3-11(10(17)6-9)20-13(14,15)16/h2-3,6,8H,4-5,7,17H2,1H3. The molecule has 1 aliphatic heterocycles. The lowest BCUT2D eigenvalue weighted by molar-refractivity contribution is -0.274. The van der Waals surface area contributed by atoms with E-state index in [1.165, 1.54) is 12.1 Å².